The van der Waals surface area contributed by atoms with Crippen molar-refractivity contribution in [1.82, 2.24) is 19.7 Å². The van der Waals surface area contributed by atoms with Crippen molar-refractivity contribution in [2.45, 2.75) is 25.4 Å². The van der Waals surface area contributed by atoms with Crippen LogP contribution in [0.3, 0.4) is 0 Å². The van der Waals surface area contributed by atoms with Crippen molar-refractivity contribution in [3.63, 3.8) is 0 Å². The van der Waals surface area contributed by atoms with E-state index < -0.39 is 0 Å². The quantitative estimate of drug-likeness (QED) is 0.195. The van der Waals surface area contributed by atoms with Crippen molar-refractivity contribution in [2.24, 2.45) is 0 Å². The van der Waals surface area contributed by atoms with Crippen LogP contribution in [0.1, 0.15) is 29.0 Å². The molecule has 210 valence electrons. The van der Waals surface area contributed by atoms with Crippen LogP contribution in [-0.4, -0.2) is 44.7 Å². The Hall–Kier alpha value is -4.47. The molecule has 6 heterocycles. The maximum Gasteiger partial charge on any atom is 0.275 e. The normalized spacial score (nSPS) is 14.0. The molecule has 1 fully saturated rings. The lowest BCUT2D eigenvalue weighted by Gasteiger charge is -2.39. The van der Waals surface area contributed by atoms with Crippen molar-refractivity contribution in [3.05, 3.63) is 113 Å². The van der Waals surface area contributed by atoms with E-state index in [9.17, 15) is 4.79 Å². The van der Waals surface area contributed by atoms with Gasteiger partial charge < -0.3 is 18.9 Å². The van der Waals surface area contributed by atoms with Crippen LogP contribution < -0.4 is 9.80 Å². The minimum Gasteiger partial charge on any atom is -0.371 e. The fraction of sp³-hybridized carbons (Fsp3) is 0.188. The summed E-state index contributed by atoms with van der Waals surface area (Å²) in [7, 11) is 0. The number of fused-ring (bicyclic) bond motifs is 1. The maximum absolute atomic E-state index is 14.6. The van der Waals surface area contributed by atoms with Gasteiger partial charge in [-0.1, -0.05) is 35.0 Å². The van der Waals surface area contributed by atoms with E-state index in [-0.39, 0.29) is 11.9 Å². The number of hydrogen-bond acceptors (Lipinski definition) is 7. The van der Waals surface area contributed by atoms with Crippen LogP contribution in [0.4, 0.5) is 11.4 Å². The molecule has 1 saturated heterocycles. The molecule has 0 saturated carbocycles. The molecule has 0 unspecified atom stereocenters. The van der Waals surface area contributed by atoms with Gasteiger partial charge in [-0.05, 0) is 61.4 Å². The zero-order chi connectivity index (χ0) is 28.5. The zero-order valence-corrected chi connectivity index (χ0v) is 24.2. The molecule has 6 aromatic rings. The lowest BCUT2D eigenvalue weighted by atomic mass is 10.0. The molecule has 8 nitrogen and oxygen atoms in total. The number of carbonyl (C=O) groups excluding carboxylic acids is 1. The van der Waals surface area contributed by atoms with E-state index >= 15 is 0 Å². The van der Waals surface area contributed by atoms with Crippen molar-refractivity contribution >= 4 is 51.1 Å². The van der Waals surface area contributed by atoms with Gasteiger partial charge in [-0.2, -0.15) is 0 Å². The molecule has 1 amide bonds. The predicted molar refractivity (Wildman–Crippen MR) is 166 cm³/mol. The van der Waals surface area contributed by atoms with Gasteiger partial charge in [-0.3, -0.25) is 14.8 Å². The second-order valence-electron chi connectivity index (χ2n) is 10.3. The number of thiophene rings is 1. The van der Waals surface area contributed by atoms with E-state index in [4.69, 9.17) is 16.1 Å². The van der Waals surface area contributed by atoms with Gasteiger partial charge in [-0.25, -0.2) is 0 Å². The number of carbonyl (C=O) groups is 1. The highest BCUT2D eigenvalue weighted by atomic mass is 35.5. The summed E-state index contributed by atoms with van der Waals surface area (Å²) in [6, 6.07) is 23.6. The van der Waals surface area contributed by atoms with Crippen LogP contribution >= 0.6 is 22.9 Å². The lowest BCUT2D eigenvalue weighted by Crippen LogP contribution is -2.48. The molecule has 0 radical (unpaired) electrons. The van der Waals surface area contributed by atoms with Gasteiger partial charge in [0.25, 0.3) is 5.91 Å². The van der Waals surface area contributed by atoms with Gasteiger partial charge in [0.2, 0.25) is 0 Å². The van der Waals surface area contributed by atoms with Crippen LogP contribution in [0.25, 0.3) is 21.5 Å². The lowest BCUT2D eigenvalue weighted by molar-refractivity contribution is 0.0964. The molecule has 0 spiro atoms. The average Bonchev–Trinajstić information content (AvgIpc) is 3.78. The number of aromatic nitrogens is 4. The van der Waals surface area contributed by atoms with Crippen LogP contribution in [0.2, 0.25) is 4.34 Å². The fourth-order valence-electron chi connectivity index (χ4n) is 5.73. The van der Waals surface area contributed by atoms with Crippen LogP contribution in [0, 0.1) is 0 Å². The van der Waals surface area contributed by atoms with Crippen LogP contribution in [0.15, 0.2) is 102 Å². The summed E-state index contributed by atoms with van der Waals surface area (Å²) < 4.78 is 8.39. The van der Waals surface area contributed by atoms with Crippen molar-refractivity contribution in [2.75, 3.05) is 22.9 Å². The van der Waals surface area contributed by atoms with Gasteiger partial charge in [0.05, 0.1) is 15.8 Å². The summed E-state index contributed by atoms with van der Waals surface area (Å²) in [4.78, 5) is 28.2. The highest BCUT2D eigenvalue weighted by Gasteiger charge is 2.32. The standard InChI is InChI=1S/C32H27ClN6O2S/c33-31-6-5-30(42-31)29-20-23(36-41-29)21-38-27-4-2-1-3-22(27)19-28(38)32(40)39(25-9-15-35-16-10-25)26-11-17-37(18-12-26)24-7-13-34-14-8-24/h1-10,13-16,19-20,26H,11-12,17-18,21H2. The summed E-state index contributed by atoms with van der Waals surface area (Å²) >= 11 is 7.58. The molecule has 10 heteroatoms. The zero-order valence-electron chi connectivity index (χ0n) is 22.6. The highest BCUT2D eigenvalue weighted by molar-refractivity contribution is 7.19. The number of benzene rings is 1. The van der Waals surface area contributed by atoms with E-state index in [0.29, 0.717) is 22.3 Å². The first-order valence-electron chi connectivity index (χ1n) is 13.8. The largest absolute Gasteiger partial charge is 0.371 e. The second kappa shape index (κ2) is 11.4. The summed E-state index contributed by atoms with van der Waals surface area (Å²) in [5.74, 6) is 0.610. The molecule has 0 aliphatic carbocycles. The van der Waals surface area contributed by atoms with Gasteiger partial charge >= 0.3 is 0 Å². The number of nitrogens with zero attached hydrogens (tertiary/aromatic N) is 6. The molecule has 0 atom stereocenters. The van der Waals surface area contributed by atoms with Crippen LogP contribution in [0.5, 0.6) is 0 Å². The predicted octanol–water partition coefficient (Wildman–Crippen LogP) is 7.17. The first-order chi connectivity index (χ1) is 20.6. The highest BCUT2D eigenvalue weighted by Crippen LogP contribution is 2.33. The summed E-state index contributed by atoms with van der Waals surface area (Å²) in [6.07, 6.45) is 8.80. The fourth-order valence-corrected chi connectivity index (χ4v) is 6.72. The van der Waals surface area contributed by atoms with E-state index in [1.807, 2.05) is 94.7 Å². The first-order valence-corrected chi connectivity index (χ1v) is 15.0. The Bertz CT molecular complexity index is 1830. The Labute approximate surface area is 251 Å². The Balaban J connectivity index is 1.22. The SMILES string of the molecule is O=C(c1cc2ccccc2n1Cc1cc(-c2ccc(Cl)s2)on1)N(c1ccncc1)C1CCN(c2ccncc2)CC1. The Morgan fingerprint density at radius 3 is 2.43 bits per heavy atom. The maximum atomic E-state index is 14.6. The molecule has 1 aromatic carbocycles. The van der Waals surface area contributed by atoms with Gasteiger partial charge in [0.15, 0.2) is 5.76 Å². The molecule has 0 N–H and O–H groups in total. The summed E-state index contributed by atoms with van der Waals surface area (Å²) in [5, 5.41) is 5.34. The van der Waals surface area contributed by atoms with E-state index in [2.05, 4.69) is 20.0 Å². The van der Waals surface area contributed by atoms with Crippen molar-refractivity contribution in [1.29, 1.82) is 0 Å². The third kappa shape index (κ3) is 5.17. The van der Waals surface area contributed by atoms with Gasteiger partial charge in [-0.15, -0.1) is 11.3 Å². The van der Waals surface area contributed by atoms with Gasteiger partial charge in [0, 0.05) is 72.3 Å². The number of halogens is 1. The molecule has 0 bridgehead atoms. The number of rotatable bonds is 7. The number of para-hydroxylation sites is 1. The van der Waals surface area contributed by atoms with Crippen molar-refractivity contribution in [3.8, 4) is 10.6 Å². The Morgan fingerprint density at radius 2 is 1.69 bits per heavy atom. The second-order valence-corrected chi connectivity index (χ2v) is 12.0. The number of hydrogen-bond donors (Lipinski definition) is 0. The Kier molecular flexibility index (Phi) is 7.19. The number of piperidine rings is 1. The monoisotopic (exact) mass is 594 g/mol. The molecule has 7 rings (SSSR count). The molecular weight excluding hydrogens is 568 g/mol. The van der Waals surface area contributed by atoms with E-state index in [1.165, 1.54) is 11.3 Å². The minimum absolute atomic E-state index is 0.0340. The molecule has 1 aliphatic rings. The molecule has 5 aromatic heterocycles. The van der Waals surface area contributed by atoms with E-state index in [0.717, 1.165) is 58.8 Å². The van der Waals surface area contributed by atoms with E-state index in [1.54, 1.807) is 12.4 Å². The molecule has 42 heavy (non-hydrogen) atoms. The minimum atomic E-state index is -0.0477. The van der Waals surface area contributed by atoms with Crippen molar-refractivity contribution < 1.29 is 9.32 Å². The Morgan fingerprint density at radius 1 is 0.952 bits per heavy atom. The third-order valence-electron chi connectivity index (χ3n) is 7.74. The topological polar surface area (TPSA) is 80.3 Å². The smallest absolute Gasteiger partial charge is 0.275 e. The van der Waals surface area contributed by atoms with Gasteiger partial charge in [0.1, 0.15) is 11.4 Å². The molecular formula is C32H27ClN6O2S. The average molecular weight is 595 g/mol. The number of anilines is 2. The summed E-state index contributed by atoms with van der Waals surface area (Å²) in [6.45, 7) is 2.09. The number of pyridine rings is 2. The van der Waals surface area contributed by atoms with Crippen LogP contribution in [-0.2, 0) is 6.54 Å². The molecule has 1 aliphatic heterocycles. The first kappa shape index (κ1) is 26.4. The summed E-state index contributed by atoms with van der Waals surface area (Å²) in [5.41, 5.74) is 4.29. The number of amides is 1. The third-order valence-corrected chi connectivity index (χ3v) is 8.99.